The molecule has 3 heterocycles. The molecule has 0 radical (unpaired) electrons. The largest absolute Gasteiger partial charge is 0.381 e. The third-order valence-corrected chi connectivity index (χ3v) is 6.13. The van der Waals surface area contributed by atoms with E-state index in [-0.39, 0.29) is 5.60 Å². The molecule has 1 aromatic carbocycles. The Labute approximate surface area is 156 Å². The average Bonchev–Trinajstić information content (AvgIpc) is 3.06. The second-order valence-electron chi connectivity index (χ2n) is 7.90. The lowest BCUT2D eigenvalue weighted by molar-refractivity contribution is -0.140. The van der Waals surface area contributed by atoms with E-state index in [4.69, 9.17) is 9.47 Å². The molecule has 3 aliphatic rings. The molecule has 1 atom stereocenters. The van der Waals surface area contributed by atoms with Gasteiger partial charge in [-0.1, -0.05) is 24.3 Å². The van der Waals surface area contributed by atoms with Gasteiger partial charge < -0.3 is 19.7 Å². The molecule has 4 rings (SSSR count). The van der Waals surface area contributed by atoms with Crippen LogP contribution in [0.15, 0.2) is 24.3 Å². The molecule has 1 N–H and O–H groups in total. The predicted molar refractivity (Wildman–Crippen MR) is 99.7 cm³/mol. The zero-order valence-electron chi connectivity index (χ0n) is 15.5. The number of likely N-dealkylation sites (tertiary alicyclic amines) is 1. The van der Waals surface area contributed by atoms with E-state index in [2.05, 4.69) is 29.6 Å². The molecule has 3 fully saturated rings. The summed E-state index contributed by atoms with van der Waals surface area (Å²) in [6, 6.07) is 9.00. The van der Waals surface area contributed by atoms with Crippen LogP contribution in [0.1, 0.15) is 49.7 Å². The first kappa shape index (κ1) is 18.0. The topological polar surface area (TPSA) is 50.8 Å². The van der Waals surface area contributed by atoms with E-state index in [1.165, 1.54) is 11.1 Å². The summed E-state index contributed by atoms with van der Waals surface area (Å²) in [7, 11) is 0. The van der Waals surface area contributed by atoms with Gasteiger partial charge in [-0.15, -0.1) is 0 Å². The average molecular weight is 358 g/mol. The molecule has 1 amide bonds. The number of nitrogens with zero attached hydrogens (tertiary/aromatic N) is 1. The van der Waals surface area contributed by atoms with Crippen molar-refractivity contribution in [3.8, 4) is 0 Å². The van der Waals surface area contributed by atoms with E-state index in [0.29, 0.717) is 18.4 Å². The quantitative estimate of drug-likeness (QED) is 0.879. The summed E-state index contributed by atoms with van der Waals surface area (Å²) >= 11 is 0. The summed E-state index contributed by atoms with van der Waals surface area (Å²) in [4.78, 5) is 13.9. The monoisotopic (exact) mass is 358 g/mol. The van der Waals surface area contributed by atoms with Crippen LogP contribution in [-0.4, -0.2) is 48.8 Å². The smallest absolute Gasteiger partial charge is 0.222 e. The molecule has 5 nitrogen and oxygen atoms in total. The molecule has 3 aliphatic heterocycles. The van der Waals surface area contributed by atoms with E-state index in [9.17, 15) is 4.79 Å². The van der Waals surface area contributed by atoms with Gasteiger partial charge in [0.25, 0.3) is 0 Å². The van der Waals surface area contributed by atoms with Gasteiger partial charge in [-0.05, 0) is 43.2 Å². The number of amides is 1. The second-order valence-corrected chi connectivity index (χ2v) is 7.90. The molecule has 3 saturated heterocycles. The Kier molecular flexibility index (Phi) is 5.57. The number of benzene rings is 1. The minimum Gasteiger partial charge on any atom is -0.381 e. The van der Waals surface area contributed by atoms with Crippen molar-refractivity contribution in [3.05, 3.63) is 35.4 Å². The predicted octanol–water partition coefficient (Wildman–Crippen LogP) is 2.63. The van der Waals surface area contributed by atoms with Crippen molar-refractivity contribution in [2.75, 3.05) is 26.4 Å². The van der Waals surface area contributed by atoms with Crippen molar-refractivity contribution in [2.24, 2.45) is 0 Å². The Hall–Kier alpha value is -1.43. The molecule has 142 valence electrons. The van der Waals surface area contributed by atoms with Gasteiger partial charge in [0.2, 0.25) is 5.91 Å². The molecule has 1 aromatic rings. The van der Waals surface area contributed by atoms with Crippen LogP contribution in [0.4, 0.5) is 0 Å². The molecular formula is C21H30N2O3. The van der Waals surface area contributed by atoms with Gasteiger partial charge in [0.15, 0.2) is 0 Å². The van der Waals surface area contributed by atoms with Crippen LogP contribution in [0.3, 0.4) is 0 Å². The van der Waals surface area contributed by atoms with E-state index >= 15 is 0 Å². The van der Waals surface area contributed by atoms with Crippen molar-refractivity contribution in [1.29, 1.82) is 0 Å². The Morgan fingerprint density at radius 3 is 2.73 bits per heavy atom. The van der Waals surface area contributed by atoms with Crippen molar-refractivity contribution in [3.63, 3.8) is 0 Å². The molecule has 0 aromatic heterocycles. The van der Waals surface area contributed by atoms with Gasteiger partial charge in [-0.2, -0.15) is 0 Å². The maximum absolute atomic E-state index is 12.0. The number of nitrogens with one attached hydrogen (secondary N) is 1. The highest BCUT2D eigenvalue weighted by Crippen LogP contribution is 2.34. The highest BCUT2D eigenvalue weighted by molar-refractivity contribution is 5.78. The zero-order chi connectivity index (χ0) is 17.8. The van der Waals surface area contributed by atoms with Gasteiger partial charge >= 0.3 is 0 Å². The van der Waals surface area contributed by atoms with Crippen molar-refractivity contribution in [2.45, 2.75) is 63.3 Å². The lowest BCUT2D eigenvalue weighted by Crippen LogP contribution is -2.49. The van der Waals surface area contributed by atoms with E-state index in [1.54, 1.807) is 0 Å². The summed E-state index contributed by atoms with van der Waals surface area (Å²) in [5.41, 5.74) is 2.60. The molecule has 0 aliphatic carbocycles. The van der Waals surface area contributed by atoms with Gasteiger partial charge in [0, 0.05) is 51.9 Å². The molecule has 26 heavy (non-hydrogen) atoms. The third-order valence-electron chi connectivity index (χ3n) is 6.13. The first-order chi connectivity index (χ1) is 12.7. The molecular weight excluding hydrogens is 328 g/mol. The zero-order valence-corrected chi connectivity index (χ0v) is 15.5. The maximum atomic E-state index is 12.0. The highest BCUT2D eigenvalue weighted by Gasteiger charge is 2.38. The van der Waals surface area contributed by atoms with Crippen LogP contribution in [0.2, 0.25) is 0 Å². The standard InChI is InChI=1S/C21H30N2O3/c24-20-6-3-10-23(20)16-18-5-2-1-4-17(18)15-22-19-7-11-26-21(14-19)8-12-25-13-9-21/h1-2,4-5,19,22H,3,6-16H2/t19-/m0/s1. The lowest BCUT2D eigenvalue weighted by atomic mass is 9.84. The highest BCUT2D eigenvalue weighted by atomic mass is 16.5. The normalized spacial score (nSPS) is 25.8. The summed E-state index contributed by atoms with van der Waals surface area (Å²) in [6.07, 6.45) is 5.86. The SMILES string of the molecule is O=C1CCCN1Cc1ccccc1CN[C@H]1CCOC2(CCOCC2)C1. The fourth-order valence-corrected chi connectivity index (χ4v) is 4.51. The first-order valence-corrected chi connectivity index (χ1v) is 10.0. The van der Waals surface area contributed by atoms with Crippen molar-refractivity contribution < 1.29 is 14.3 Å². The molecule has 0 bridgehead atoms. The van der Waals surface area contributed by atoms with Gasteiger partial charge in [0.1, 0.15) is 0 Å². The number of carbonyl (C=O) groups is 1. The number of hydrogen-bond donors (Lipinski definition) is 1. The van der Waals surface area contributed by atoms with E-state index < -0.39 is 0 Å². The van der Waals surface area contributed by atoms with Gasteiger partial charge in [-0.25, -0.2) is 0 Å². The van der Waals surface area contributed by atoms with E-state index in [1.807, 2.05) is 4.90 Å². The summed E-state index contributed by atoms with van der Waals surface area (Å²) in [6.45, 7) is 4.97. The lowest BCUT2D eigenvalue weighted by Gasteiger charge is -2.43. The minimum atomic E-state index is 0.0235. The van der Waals surface area contributed by atoms with Crippen molar-refractivity contribution >= 4 is 5.91 Å². The summed E-state index contributed by atoms with van der Waals surface area (Å²) < 4.78 is 11.7. The van der Waals surface area contributed by atoms with Crippen molar-refractivity contribution in [1.82, 2.24) is 10.2 Å². The number of hydrogen-bond acceptors (Lipinski definition) is 4. The molecule has 1 spiro atoms. The van der Waals surface area contributed by atoms with Crippen LogP contribution in [0.5, 0.6) is 0 Å². The fraction of sp³-hybridized carbons (Fsp3) is 0.667. The summed E-state index contributed by atoms with van der Waals surface area (Å²) in [5, 5.41) is 3.76. The summed E-state index contributed by atoms with van der Waals surface area (Å²) in [5.74, 6) is 0.290. The van der Waals surface area contributed by atoms with Crippen LogP contribution in [-0.2, 0) is 27.4 Å². The Balaban J connectivity index is 1.36. The molecule has 5 heteroatoms. The van der Waals surface area contributed by atoms with E-state index in [0.717, 1.165) is 71.6 Å². The molecule has 0 unspecified atom stereocenters. The minimum absolute atomic E-state index is 0.0235. The van der Waals surface area contributed by atoms with Gasteiger partial charge in [0.05, 0.1) is 5.60 Å². The number of ether oxygens (including phenoxy) is 2. The Bertz CT molecular complexity index is 622. The maximum Gasteiger partial charge on any atom is 0.222 e. The Morgan fingerprint density at radius 1 is 1.15 bits per heavy atom. The van der Waals surface area contributed by atoms with Crippen LogP contribution >= 0.6 is 0 Å². The van der Waals surface area contributed by atoms with Crippen LogP contribution in [0, 0.1) is 0 Å². The third kappa shape index (κ3) is 4.11. The van der Waals surface area contributed by atoms with Crippen LogP contribution in [0.25, 0.3) is 0 Å². The Morgan fingerprint density at radius 2 is 1.96 bits per heavy atom. The second kappa shape index (κ2) is 8.07. The fourth-order valence-electron chi connectivity index (χ4n) is 4.51. The first-order valence-electron chi connectivity index (χ1n) is 10.0. The number of carbonyl (C=O) groups excluding carboxylic acids is 1. The van der Waals surface area contributed by atoms with Crippen LogP contribution < -0.4 is 5.32 Å². The molecule has 0 saturated carbocycles. The number of rotatable bonds is 5. The van der Waals surface area contributed by atoms with Gasteiger partial charge in [-0.3, -0.25) is 4.79 Å².